The molecule has 0 saturated heterocycles. The van der Waals surface area contributed by atoms with Crippen molar-refractivity contribution in [1.29, 1.82) is 0 Å². The van der Waals surface area contributed by atoms with Crippen molar-refractivity contribution in [2.45, 2.75) is 33.2 Å². The number of nitrogen functional groups attached to an aromatic ring is 1. The second-order valence-electron chi connectivity index (χ2n) is 5.31. The Balaban J connectivity index is 2.25. The van der Waals surface area contributed by atoms with Crippen molar-refractivity contribution in [3.63, 3.8) is 0 Å². The van der Waals surface area contributed by atoms with Crippen molar-refractivity contribution in [3.8, 4) is 0 Å². The largest absolute Gasteiger partial charge is 0.399 e. The summed E-state index contributed by atoms with van der Waals surface area (Å²) in [6.45, 7) is 6.76. The van der Waals surface area contributed by atoms with Crippen molar-refractivity contribution in [2.24, 2.45) is 5.92 Å². The van der Waals surface area contributed by atoms with Crippen LogP contribution in [0.2, 0.25) is 0 Å². The van der Waals surface area contributed by atoms with Gasteiger partial charge in [0.15, 0.2) is 5.13 Å². The molecule has 98 valence electrons. The molecule has 1 heterocycles. The summed E-state index contributed by atoms with van der Waals surface area (Å²) in [4.78, 5) is 6.94. The van der Waals surface area contributed by atoms with Crippen LogP contribution >= 0.6 is 11.3 Å². The van der Waals surface area contributed by atoms with Gasteiger partial charge >= 0.3 is 0 Å². The fraction of sp³-hybridized carbons (Fsp3) is 0.500. The second-order valence-corrected chi connectivity index (χ2v) is 6.32. The molecular formula is C14H21N3S. The molecule has 0 aliphatic heterocycles. The highest BCUT2D eigenvalue weighted by atomic mass is 32.1. The summed E-state index contributed by atoms with van der Waals surface area (Å²) in [5, 5.41) is 1.07. The summed E-state index contributed by atoms with van der Waals surface area (Å²) in [6.07, 6.45) is 1.18. The first kappa shape index (κ1) is 13.1. The van der Waals surface area contributed by atoms with E-state index in [-0.39, 0.29) is 0 Å². The number of nitrogens with zero attached hydrogens (tertiary/aromatic N) is 2. The third-order valence-electron chi connectivity index (χ3n) is 3.18. The van der Waals surface area contributed by atoms with Gasteiger partial charge in [-0.15, -0.1) is 0 Å². The summed E-state index contributed by atoms with van der Waals surface area (Å²) in [7, 11) is 2.12. The zero-order valence-corrected chi connectivity index (χ0v) is 12.3. The Morgan fingerprint density at radius 1 is 1.33 bits per heavy atom. The topological polar surface area (TPSA) is 42.2 Å². The molecule has 0 fully saturated rings. The highest BCUT2D eigenvalue weighted by Gasteiger charge is 2.15. The first-order chi connectivity index (χ1) is 8.47. The molecule has 2 aromatic rings. The van der Waals surface area contributed by atoms with E-state index in [1.54, 1.807) is 11.3 Å². The van der Waals surface area contributed by atoms with Crippen molar-refractivity contribution in [3.05, 3.63) is 18.2 Å². The van der Waals surface area contributed by atoms with Gasteiger partial charge in [-0.3, -0.25) is 0 Å². The second kappa shape index (κ2) is 5.14. The summed E-state index contributed by atoms with van der Waals surface area (Å²) in [5.41, 5.74) is 7.64. The summed E-state index contributed by atoms with van der Waals surface area (Å²) in [6, 6.07) is 6.40. The molecule has 0 aliphatic carbocycles. The molecule has 1 atom stereocenters. The van der Waals surface area contributed by atoms with E-state index >= 15 is 0 Å². The number of nitrogens with two attached hydrogens (primary N) is 1. The third-order valence-corrected chi connectivity index (χ3v) is 4.29. The smallest absolute Gasteiger partial charge is 0.186 e. The van der Waals surface area contributed by atoms with Crippen LogP contribution < -0.4 is 10.6 Å². The highest BCUT2D eigenvalue weighted by molar-refractivity contribution is 7.22. The van der Waals surface area contributed by atoms with E-state index in [2.05, 4.69) is 37.7 Å². The minimum Gasteiger partial charge on any atom is -0.399 e. The van der Waals surface area contributed by atoms with Crippen LogP contribution in [0.4, 0.5) is 10.8 Å². The number of hydrogen-bond acceptors (Lipinski definition) is 4. The van der Waals surface area contributed by atoms with Gasteiger partial charge in [0.2, 0.25) is 0 Å². The molecule has 0 amide bonds. The maximum Gasteiger partial charge on any atom is 0.186 e. The van der Waals surface area contributed by atoms with Crippen LogP contribution in [0.3, 0.4) is 0 Å². The van der Waals surface area contributed by atoms with E-state index < -0.39 is 0 Å². The van der Waals surface area contributed by atoms with Crippen molar-refractivity contribution in [1.82, 2.24) is 4.98 Å². The number of rotatable bonds is 4. The van der Waals surface area contributed by atoms with Crippen LogP contribution in [0.15, 0.2) is 18.2 Å². The van der Waals surface area contributed by atoms with Gasteiger partial charge in [0, 0.05) is 18.8 Å². The lowest BCUT2D eigenvalue weighted by atomic mass is 10.0. The van der Waals surface area contributed by atoms with E-state index in [9.17, 15) is 0 Å². The summed E-state index contributed by atoms with van der Waals surface area (Å²) in [5.74, 6) is 0.701. The molecule has 2 rings (SSSR count). The highest BCUT2D eigenvalue weighted by Crippen LogP contribution is 2.31. The molecule has 0 radical (unpaired) electrons. The Hall–Kier alpha value is -1.29. The predicted octanol–water partition coefficient (Wildman–Crippen LogP) is 3.75. The van der Waals surface area contributed by atoms with Gasteiger partial charge in [0.1, 0.15) is 0 Å². The summed E-state index contributed by atoms with van der Waals surface area (Å²) >= 11 is 1.71. The maximum atomic E-state index is 5.80. The number of anilines is 2. The lowest BCUT2D eigenvalue weighted by molar-refractivity contribution is 0.504. The van der Waals surface area contributed by atoms with E-state index in [1.165, 1.54) is 6.42 Å². The number of hydrogen-bond donors (Lipinski definition) is 1. The van der Waals surface area contributed by atoms with Crippen LogP contribution in [-0.2, 0) is 0 Å². The van der Waals surface area contributed by atoms with Crippen LogP contribution in [0.5, 0.6) is 0 Å². The van der Waals surface area contributed by atoms with Gasteiger partial charge in [-0.05, 0) is 37.5 Å². The molecule has 0 bridgehead atoms. The van der Waals surface area contributed by atoms with Gasteiger partial charge in [-0.2, -0.15) is 0 Å². The maximum absolute atomic E-state index is 5.80. The van der Waals surface area contributed by atoms with Gasteiger partial charge in [0.25, 0.3) is 0 Å². The Labute approximate surface area is 113 Å². The lowest BCUT2D eigenvalue weighted by Crippen LogP contribution is -2.29. The SMILES string of the molecule is CC(C)CC(C)N(C)c1nc2ccc(N)cc2s1. The molecule has 2 N–H and O–H groups in total. The van der Waals surface area contributed by atoms with E-state index in [1.807, 2.05) is 18.2 Å². The molecule has 4 heteroatoms. The summed E-state index contributed by atoms with van der Waals surface area (Å²) < 4.78 is 1.16. The van der Waals surface area contributed by atoms with E-state index in [0.717, 1.165) is 21.0 Å². The predicted molar refractivity (Wildman–Crippen MR) is 81.4 cm³/mol. The number of thiazole rings is 1. The van der Waals surface area contributed by atoms with Crippen molar-refractivity contribution < 1.29 is 0 Å². The molecular weight excluding hydrogens is 242 g/mol. The minimum absolute atomic E-state index is 0.503. The fourth-order valence-corrected chi connectivity index (χ4v) is 3.19. The van der Waals surface area contributed by atoms with Crippen molar-refractivity contribution >= 4 is 32.4 Å². The number of benzene rings is 1. The Bertz CT molecular complexity index is 533. The average molecular weight is 263 g/mol. The molecule has 1 aromatic heterocycles. The monoisotopic (exact) mass is 263 g/mol. The van der Waals surface area contributed by atoms with Crippen LogP contribution in [0.25, 0.3) is 10.2 Å². The third kappa shape index (κ3) is 2.75. The first-order valence-corrected chi connectivity index (χ1v) is 7.18. The zero-order valence-electron chi connectivity index (χ0n) is 11.5. The van der Waals surface area contributed by atoms with Gasteiger partial charge in [-0.25, -0.2) is 4.98 Å². The minimum atomic E-state index is 0.503. The molecule has 3 nitrogen and oxygen atoms in total. The van der Waals surface area contributed by atoms with Gasteiger partial charge in [0.05, 0.1) is 10.2 Å². The van der Waals surface area contributed by atoms with Crippen molar-refractivity contribution in [2.75, 3.05) is 17.7 Å². The Kier molecular flexibility index (Phi) is 3.76. The average Bonchev–Trinajstić information content (AvgIpc) is 2.69. The lowest BCUT2D eigenvalue weighted by Gasteiger charge is -2.25. The molecule has 0 spiro atoms. The van der Waals surface area contributed by atoms with E-state index in [0.29, 0.717) is 12.0 Å². The molecule has 0 aliphatic rings. The number of fused-ring (bicyclic) bond motifs is 1. The van der Waals surface area contributed by atoms with Gasteiger partial charge in [-0.1, -0.05) is 25.2 Å². The zero-order chi connectivity index (χ0) is 13.3. The van der Waals surface area contributed by atoms with Crippen LogP contribution in [0, 0.1) is 5.92 Å². The first-order valence-electron chi connectivity index (χ1n) is 6.36. The number of aromatic nitrogens is 1. The normalized spacial score (nSPS) is 13.2. The van der Waals surface area contributed by atoms with Crippen LogP contribution in [0.1, 0.15) is 27.2 Å². The quantitative estimate of drug-likeness (QED) is 0.854. The molecule has 1 aromatic carbocycles. The molecule has 1 unspecified atom stereocenters. The standard InChI is InChI=1S/C14H21N3S/c1-9(2)7-10(3)17(4)14-16-12-6-5-11(15)8-13(12)18-14/h5-6,8-10H,7,15H2,1-4H3. The fourth-order valence-electron chi connectivity index (χ4n) is 2.11. The molecule has 0 saturated carbocycles. The Morgan fingerprint density at radius 3 is 2.72 bits per heavy atom. The van der Waals surface area contributed by atoms with Crippen LogP contribution in [-0.4, -0.2) is 18.1 Å². The molecule has 18 heavy (non-hydrogen) atoms. The van der Waals surface area contributed by atoms with E-state index in [4.69, 9.17) is 5.73 Å². The van der Waals surface area contributed by atoms with Gasteiger partial charge < -0.3 is 10.6 Å². The Morgan fingerprint density at radius 2 is 2.06 bits per heavy atom.